The molecule has 0 spiro atoms. The Kier molecular flexibility index (Phi) is 3.53. The normalized spacial score (nSPS) is 13.7. The van der Waals surface area contributed by atoms with Crippen LogP contribution in [0.5, 0.6) is 17.2 Å². The predicted molar refractivity (Wildman–Crippen MR) is 98.5 cm³/mol. The van der Waals surface area contributed by atoms with Crippen LogP contribution in [0.1, 0.15) is 21.6 Å². The average molecular weight is 363 g/mol. The molecule has 2 heterocycles. The first-order valence-corrected chi connectivity index (χ1v) is 8.68. The Morgan fingerprint density at radius 1 is 1.15 bits per heavy atom. The zero-order chi connectivity index (χ0) is 18.4. The third-order valence-electron chi connectivity index (χ3n) is 4.94. The number of ether oxygens (including phenoxy) is 3. The van der Waals surface area contributed by atoms with Crippen molar-refractivity contribution in [1.29, 1.82) is 0 Å². The number of aromatic amines is 1. The molecule has 136 valence electrons. The van der Waals surface area contributed by atoms with Gasteiger partial charge in [-0.25, -0.2) is 0 Å². The summed E-state index contributed by atoms with van der Waals surface area (Å²) >= 11 is 0. The highest BCUT2D eigenvalue weighted by molar-refractivity contribution is 6.05. The lowest BCUT2D eigenvalue weighted by molar-refractivity contribution is 0.102. The van der Waals surface area contributed by atoms with Gasteiger partial charge in [0.15, 0.2) is 11.5 Å². The smallest absolute Gasteiger partial charge is 0.273 e. The molecule has 27 heavy (non-hydrogen) atoms. The van der Waals surface area contributed by atoms with E-state index in [1.807, 2.05) is 18.2 Å². The van der Waals surface area contributed by atoms with Gasteiger partial charge in [0.05, 0.1) is 12.8 Å². The van der Waals surface area contributed by atoms with Gasteiger partial charge in [-0.15, -0.1) is 0 Å². The number of nitrogens with zero attached hydrogens (tertiary/aromatic N) is 1. The number of hydrogen-bond donors (Lipinski definition) is 2. The Balaban J connectivity index is 1.44. The number of methoxy groups -OCH3 is 1. The predicted octanol–water partition coefficient (Wildman–Crippen LogP) is 3.16. The van der Waals surface area contributed by atoms with Crippen molar-refractivity contribution in [3.63, 3.8) is 0 Å². The number of H-pyrrole nitrogens is 1. The van der Waals surface area contributed by atoms with Gasteiger partial charge in [0.1, 0.15) is 11.4 Å². The molecule has 1 aromatic heterocycles. The zero-order valence-electron chi connectivity index (χ0n) is 14.7. The molecule has 3 aromatic rings. The highest BCUT2D eigenvalue weighted by Gasteiger charge is 2.26. The molecule has 0 radical (unpaired) electrons. The molecular weight excluding hydrogens is 346 g/mol. The molecule has 2 aliphatic rings. The second-order valence-electron chi connectivity index (χ2n) is 6.47. The summed E-state index contributed by atoms with van der Waals surface area (Å²) in [6.07, 6.45) is 1.58. The maximum absolute atomic E-state index is 12.8. The van der Waals surface area contributed by atoms with E-state index in [4.69, 9.17) is 14.2 Å². The lowest BCUT2D eigenvalue weighted by Gasteiger charge is -2.17. The minimum atomic E-state index is -0.223. The Bertz CT molecular complexity index is 1060. The van der Waals surface area contributed by atoms with Crippen LogP contribution in [0, 0.1) is 0 Å². The van der Waals surface area contributed by atoms with Crippen LogP contribution in [0.15, 0.2) is 36.4 Å². The van der Waals surface area contributed by atoms with E-state index in [0.29, 0.717) is 22.9 Å². The molecule has 0 saturated heterocycles. The van der Waals surface area contributed by atoms with E-state index in [-0.39, 0.29) is 12.7 Å². The summed E-state index contributed by atoms with van der Waals surface area (Å²) < 4.78 is 15.9. The number of aryl methyl sites for hydroxylation is 1. The van der Waals surface area contributed by atoms with E-state index < -0.39 is 0 Å². The fourth-order valence-electron chi connectivity index (χ4n) is 3.58. The van der Waals surface area contributed by atoms with E-state index in [2.05, 4.69) is 15.5 Å². The van der Waals surface area contributed by atoms with Gasteiger partial charge in [-0.3, -0.25) is 9.89 Å². The molecule has 0 fully saturated rings. The quantitative estimate of drug-likeness (QED) is 0.747. The van der Waals surface area contributed by atoms with Gasteiger partial charge in [0, 0.05) is 22.9 Å². The minimum Gasteiger partial charge on any atom is -0.497 e. The van der Waals surface area contributed by atoms with Crippen LogP contribution in [0.25, 0.3) is 11.3 Å². The van der Waals surface area contributed by atoms with Crippen molar-refractivity contribution < 1.29 is 19.0 Å². The SMILES string of the molecule is COc1ccc2c(c1)CCc1c-2n[nH]c1C(=O)Nc1ccc2c(c1)OCO2. The number of fused-ring (bicyclic) bond motifs is 4. The standard InChI is InChI=1S/C20H17N3O4/c1-25-13-4-6-14-11(8-13)2-5-15-18(14)22-23-19(15)20(24)21-12-3-7-16-17(9-12)27-10-26-16/h3-4,6-9H,2,5,10H2,1H3,(H,21,24)(H,22,23). The second-order valence-corrected chi connectivity index (χ2v) is 6.47. The Morgan fingerprint density at radius 2 is 2.04 bits per heavy atom. The summed E-state index contributed by atoms with van der Waals surface area (Å²) in [5.74, 6) is 1.91. The maximum atomic E-state index is 12.8. The third kappa shape index (κ3) is 2.59. The fourth-order valence-corrected chi connectivity index (χ4v) is 3.58. The number of hydrogen-bond acceptors (Lipinski definition) is 5. The largest absolute Gasteiger partial charge is 0.497 e. The first-order valence-electron chi connectivity index (χ1n) is 8.68. The molecule has 0 atom stereocenters. The first-order chi connectivity index (χ1) is 13.2. The van der Waals surface area contributed by atoms with Crippen LogP contribution >= 0.6 is 0 Å². The minimum absolute atomic E-state index is 0.199. The fraction of sp³-hybridized carbons (Fsp3) is 0.200. The van der Waals surface area contributed by atoms with Gasteiger partial charge in [-0.05, 0) is 48.7 Å². The lowest BCUT2D eigenvalue weighted by atomic mass is 9.89. The number of carbonyl (C=O) groups is 1. The first kappa shape index (κ1) is 15.7. The summed E-state index contributed by atoms with van der Waals surface area (Å²) in [6.45, 7) is 0.199. The molecule has 1 aliphatic heterocycles. The van der Waals surface area contributed by atoms with Gasteiger partial charge >= 0.3 is 0 Å². The third-order valence-corrected chi connectivity index (χ3v) is 4.94. The second kappa shape index (κ2) is 6.05. The van der Waals surface area contributed by atoms with Crippen molar-refractivity contribution in [3.8, 4) is 28.5 Å². The average Bonchev–Trinajstić information content (AvgIpc) is 3.33. The molecule has 0 unspecified atom stereocenters. The Morgan fingerprint density at radius 3 is 2.93 bits per heavy atom. The molecule has 1 aliphatic carbocycles. The van der Waals surface area contributed by atoms with Crippen LogP contribution in [0.4, 0.5) is 5.69 Å². The molecule has 7 heteroatoms. The molecule has 7 nitrogen and oxygen atoms in total. The van der Waals surface area contributed by atoms with Crippen LogP contribution < -0.4 is 19.5 Å². The molecule has 2 N–H and O–H groups in total. The van der Waals surface area contributed by atoms with Gasteiger partial charge in [0.25, 0.3) is 5.91 Å². The van der Waals surface area contributed by atoms with E-state index in [9.17, 15) is 4.79 Å². The Labute approximate surface area is 155 Å². The lowest BCUT2D eigenvalue weighted by Crippen LogP contribution is -2.15. The van der Waals surface area contributed by atoms with E-state index >= 15 is 0 Å². The topological polar surface area (TPSA) is 85.5 Å². The van der Waals surface area contributed by atoms with Crippen LogP contribution in [-0.4, -0.2) is 30.0 Å². The van der Waals surface area contributed by atoms with Crippen molar-refractivity contribution in [2.45, 2.75) is 12.8 Å². The summed E-state index contributed by atoms with van der Waals surface area (Å²) in [5, 5.41) is 10.2. The summed E-state index contributed by atoms with van der Waals surface area (Å²) in [7, 11) is 1.66. The number of amides is 1. The Hall–Kier alpha value is -3.48. The summed E-state index contributed by atoms with van der Waals surface area (Å²) in [4.78, 5) is 12.8. The van der Waals surface area contributed by atoms with E-state index in [1.54, 1.807) is 25.3 Å². The summed E-state index contributed by atoms with van der Waals surface area (Å²) in [6, 6.07) is 11.3. The molecule has 2 aromatic carbocycles. The zero-order valence-corrected chi connectivity index (χ0v) is 14.7. The number of benzene rings is 2. The summed E-state index contributed by atoms with van der Waals surface area (Å²) in [5.41, 5.74) is 5.12. The highest BCUT2D eigenvalue weighted by Crippen LogP contribution is 2.37. The van der Waals surface area contributed by atoms with Crippen molar-refractivity contribution >= 4 is 11.6 Å². The molecular formula is C20H17N3O4. The highest BCUT2D eigenvalue weighted by atomic mass is 16.7. The van der Waals surface area contributed by atoms with Crippen LogP contribution in [0.3, 0.4) is 0 Å². The number of nitrogens with one attached hydrogen (secondary N) is 2. The van der Waals surface area contributed by atoms with Crippen LogP contribution in [0.2, 0.25) is 0 Å². The van der Waals surface area contributed by atoms with Crippen molar-refractivity contribution in [3.05, 3.63) is 53.2 Å². The molecule has 0 bridgehead atoms. The number of anilines is 1. The van der Waals surface area contributed by atoms with Crippen LogP contribution in [-0.2, 0) is 12.8 Å². The number of aromatic nitrogens is 2. The number of carbonyl (C=O) groups excluding carboxylic acids is 1. The van der Waals surface area contributed by atoms with Gasteiger partial charge < -0.3 is 19.5 Å². The maximum Gasteiger partial charge on any atom is 0.273 e. The monoisotopic (exact) mass is 363 g/mol. The van der Waals surface area contributed by atoms with E-state index in [0.717, 1.165) is 35.4 Å². The van der Waals surface area contributed by atoms with E-state index in [1.165, 1.54) is 5.56 Å². The molecule has 5 rings (SSSR count). The van der Waals surface area contributed by atoms with Crippen molar-refractivity contribution in [1.82, 2.24) is 10.2 Å². The molecule has 1 amide bonds. The van der Waals surface area contributed by atoms with Crippen molar-refractivity contribution in [2.24, 2.45) is 0 Å². The molecule has 0 saturated carbocycles. The van der Waals surface area contributed by atoms with Gasteiger partial charge in [-0.1, -0.05) is 0 Å². The van der Waals surface area contributed by atoms with Gasteiger partial charge in [-0.2, -0.15) is 5.10 Å². The van der Waals surface area contributed by atoms with Gasteiger partial charge in [0.2, 0.25) is 6.79 Å². The number of rotatable bonds is 3. The van der Waals surface area contributed by atoms with Crippen molar-refractivity contribution in [2.75, 3.05) is 19.2 Å².